The summed E-state index contributed by atoms with van der Waals surface area (Å²) in [5.41, 5.74) is 6.96. The van der Waals surface area contributed by atoms with Crippen LogP contribution in [0.15, 0.2) is 24.3 Å². The number of nitrogens with zero attached hydrogens (tertiary/aromatic N) is 1. The minimum absolute atomic E-state index is 0.0206. The summed E-state index contributed by atoms with van der Waals surface area (Å²) in [4.78, 5) is 11.8. The number of amides is 1. The summed E-state index contributed by atoms with van der Waals surface area (Å²) in [7, 11) is 0. The average molecular weight is 245 g/mol. The van der Waals surface area contributed by atoms with Gasteiger partial charge in [-0.05, 0) is 37.1 Å². The molecule has 1 aromatic rings. The van der Waals surface area contributed by atoms with Crippen molar-refractivity contribution < 1.29 is 4.79 Å². The van der Waals surface area contributed by atoms with Gasteiger partial charge < -0.3 is 11.1 Å². The van der Waals surface area contributed by atoms with Crippen LogP contribution < -0.4 is 11.1 Å². The van der Waals surface area contributed by atoms with Crippen molar-refractivity contribution in [3.05, 3.63) is 35.4 Å². The van der Waals surface area contributed by atoms with Crippen LogP contribution in [-0.2, 0) is 11.3 Å². The van der Waals surface area contributed by atoms with Gasteiger partial charge in [0.1, 0.15) is 0 Å². The van der Waals surface area contributed by atoms with Crippen LogP contribution in [0.4, 0.5) is 0 Å². The Morgan fingerprint density at radius 2 is 2.33 bits per heavy atom. The van der Waals surface area contributed by atoms with Gasteiger partial charge in [-0.1, -0.05) is 19.1 Å². The minimum atomic E-state index is -0.0206. The van der Waals surface area contributed by atoms with Crippen LogP contribution in [-0.4, -0.2) is 12.5 Å². The van der Waals surface area contributed by atoms with Gasteiger partial charge in [0.2, 0.25) is 5.91 Å². The van der Waals surface area contributed by atoms with Gasteiger partial charge in [0.05, 0.1) is 11.6 Å². The third-order valence-corrected chi connectivity index (χ3v) is 2.81. The van der Waals surface area contributed by atoms with Crippen LogP contribution in [0.2, 0.25) is 0 Å². The third-order valence-electron chi connectivity index (χ3n) is 2.81. The Balaban J connectivity index is 2.44. The highest BCUT2D eigenvalue weighted by Gasteiger charge is 2.11. The highest BCUT2D eigenvalue weighted by Crippen LogP contribution is 2.07. The monoisotopic (exact) mass is 245 g/mol. The fourth-order valence-electron chi connectivity index (χ4n) is 1.67. The molecule has 0 aliphatic carbocycles. The Morgan fingerprint density at radius 3 is 3.00 bits per heavy atom. The Hall–Kier alpha value is -1.86. The van der Waals surface area contributed by atoms with Gasteiger partial charge in [0.15, 0.2) is 0 Å². The van der Waals surface area contributed by atoms with Crippen molar-refractivity contribution in [2.45, 2.75) is 26.3 Å². The molecule has 0 spiro atoms. The molecule has 1 atom stereocenters. The van der Waals surface area contributed by atoms with E-state index < -0.39 is 0 Å². The number of nitrogens with two attached hydrogens (primary N) is 1. The number of nitriles is 1. The maximum absolute atomic E-state index is 11.8. The van der Waals surface area contributed by atoms with E-state index in [1.165, 1.54) is 0 Å². The number of carbonyl (C=O) groups excluding carboxylic acids is 1. The van der Waals surface area contributed by atoms with Crippen molar-refractivity contribution in [3.8, 4) is 6.07 Å². The Morgan fingerprint density at radius 1 is 1.56 bits per heavy atom. The first-order valence-electron chi connectivity index (χ1n) is 6.14. The number of nitrogens with one attached hydrogen (secondary N) is 1. The molecule has 1 amide bonds. The van der Waals surface area contributed by atoms with E-state index >= 15 is 0 Å². The van der Waals surface area contributed by atoms with E-state index in [4.69, 9.17) is 11.0 Å². The number of rotatable bonds is 6. The second-order valence-electron chi connectivity index (χ2n) is 4.36. The zero-order valence-corrected chi connectivity index (χ0v) is 10.6. The highest BCUT2D eigenvalue weighted by molar-refractivity contribution is 5.78. The summed E-state index contributed by atoms with van der Waals surface area (Å²) in [5.74, 6) is 0.0125. The average Bonchev–Trinajstić information content (AvgIpc) is 2.42. The van der Waals surface area contributed by atoms with Gasteiger partial charge in [0, 0.05) is 12.5 Å². The summed E-state index contributed by atoms with van der Waals surface area (Å²) < 4.78 is 0. The van der Waals surface area contributed by atoms with Gasteiger partial charge in [0.25, 0.3) is 0 Å². The van der Waals surface area contributed by atoms with Gasteiger partial charge >= 0.3 is 0 Å². The molecular weight excluding hydrogens is 226 g/mol. The molecule has 1 rings (SSSR count). The predicted octanol–water partition coefficient (Wildman–Crippen LogP) is 1.55. The van der Waals surface area contributed by atoms with E-state index in [9.17, 15) is 4.79 Å². The van der Waals surface area contributed by atoms with Crippen molar-refractivity contribution >= 4 is 5.91 Å². The van der Waals surface area contributed by atoms with E-state index in [1.54, 1.807) is 12.1 Å². The van der Waals surface area contributed by atoms with Crippen molar-refractivity contribution in [3.63, 3.8) is 0 Å². The van der Waals surface area contributed by atoms with Crippen molar-refractivity contribution in [2.75, 3.05) is 6.54 Å². The fraction of sp³-hybridized carbons (Fsp3) is 0.429. The molecule has 0 aromatic heterocycles. The Labute approximate surface area is 108 Å². The summed E-state index contributed by atoms with van der Waals surface area (Å²) in [6.07, 6.45) is 1.67. The van der Waals surface area contributed by atoms with Crippen molar-refractivity contribution in [2.24, 2.45) is 11.7 Å². The number of hydrogen-bond acceptors (Lipinski definition) is 3. The van der Waals surface area contributed by atoms with Crippen LogP contribution >= 0.6 is 0 Å². The lowest BCUT2D eigenvalue weighted by Gasteiger charge is -2.11. The molecule has 0 bridgehead atoms. The van der Waals surface area contributed by atoms with E-state index in [0.29, 0.717) is 18.7 Å². The molecule has 0 radical (unpaired) electrons. The van der Waals surface area contributed by atoms with Crippen LogP contribution in [0, 0.1) is 17.2 Å². The lowest BCUT2D eigenvalue weighted by Crippen LogP contribution is -2.29. The summed E-state index contributed by atoms with van der Waals surface area (Å²) in [6.45, 7) is 2.97. The highest BCUT2D eigenvalue weighted by atomic mass is 16.1. The molecule has 1 unspecified atom stereocenters. The molecule has 0 saturated heterocycles. The minimum Gasteiger partial charge on any atom is -0.352 e. The first kappa shape index (κ1) is 14.2. The van der Waals surface area contributed by atoms with Gasteiger partial charge in [-0.2, -0.15) is 5.26 Å². The molecule has 0 saturated carbocycles. The molecule has 96 valence electrons. The van der Waals surface area contributed by atoms with Gasteiger partial charge in [-0.15, -0.1) is 0 Å². The molecular formula is C14H19N3O. The maximum Gasteiger partial charge on any atom is 0.223 e. The fourth-order valence-corrected chi connectivity index (χ4v) is 1.67. The second kappa shape index (κ2) is 7.46. The molecule has 0 fully saturated rings. The quantitative estimate of drug-likeness (QED) is 0.798. The Kier molecular flexibility index (Phi) is 5.89. The summed E-state index contributed by atoms with van der Waals surface area (Å²) in [5, 5.41) is 11.6. The number of hydrogen-bond donors (Lipinski definition) is 2. The number of carbonyl (C=O) groups is 1. The SMILES string of the molecule is CC(CCCN)C(=O)NCc1cccc(C#N)c1. The van der Waals surface area contributed by atoms with Gasteiger partial charge in [-0.3, -0.25) is 4.79 Å². The molecule has 0 aliphatic heterocycles. The molecule has 1 aromatic carbocycles. The van der Waals surface area contributed by atoms with E-state index in [1.807, 2.05) is 19.1 Å². The summed E-state index contributed by atoms with van der Waals surface area (Å²) >= 11 is 0. The van der Waals surface area contributed by atoms with Crippen LogP contribution in [0.5, 0.6) is 0 Å². The van der Waals surface area contributed by atoms with Crippen LogP contribution in [0.25, 0.3) is 0 Å². The molecule has 0 heterocycles. The second-order valence-corrected chi connectivity index (χ2v) is 4.36. The third kappa shape index (κ3) is 4.56. The molecule has 0 aliphatic rings. The molecule has 4 nitrogen and oxygen atoms in total. The molecule has 3 N–H and O–H groups in total. The smallest absolute Gasteiger partial charge is 0.223 e. The standard InChI is InChI=1S/C14H19N3O/c1-11(4-3-7-15)14(18)17-10-13-6-2-5-12(8-13)9-16/h2,5-6,8,11H,3-4,7,10,15H2,1H3,(H,17,18). The largest absolute Gasteiger partial charge is 0.352 e. The van der Waals surface area contributed by atoms with Crippen LogP contribution in [0.3, 0.4) is 0 Å². The van der Waals surface area contributed by atoms with E-state index in [-0.39, 0.29) is 11.8 Å². The first-order valence-corrected chi connectivity index (χ1v) is 6.14. The Bertz CT molecular complexity index is 437. The lowest BCUT2D eigenvalue weighted by atomic mass is 10.0. The van der Waals surface area contributed by atoms with E-state index in [2.05, 4.69) is 11.4 Å². The van der Waals surface area contributed by atoms with Crippen molar-refractivity contribution in [1.29, 1.82) is 5.26 Å². The summed E-state index contributed by atoms with van der Waals surface area (Å²) in [6, 6.07) is 9.32. The zero-order valence-electron chi connectivity index (χ0n) is 10.6. The molecule has 18 heavy (non-hydrogen) atoms. The van der Waals surface area contributed by atoms with Gasteiger partial charge in [-0.25, -0.2) is 0 Å². The van der Waals surface area contributed by atoms with Crippen molar-refractivity contribution in [1.82, 2.24) is 5.32 Å². The topological polar surface area (TPSA) is 78.9 Å². The van der Waals surface area contributed by atoms with E-state index in [0.717, 1.165) is 18.4 Å². The normalized spacial score (nSPS) is 11.6. The molecule has 4 heteroatoms. The predicted molar refractivity (Wildman–Crippen MR) is 70.5 cm³/mol. The zero-order chi connectivity index (χ0) is 13.4. The lowest BCUT2D eigenvalue weighted by molar-refractivity contribution is -0.124. The first-order chi connectivity index (χ1) is 8.67. The maximum atomic E-state index is 11.8. The van der Waals surface area contributed by atoms with Crippen LogP contribution in [0.1, 0.15) is 30.9 Å². The number of benzene rings is 1.